The van der Waals surface area contributed by atoms with E-state index in [0.29, 0.717) is 11.1 Å². The van der Waals surface area contributed by atoms with Crippen molar-refractivity contribution in [2.24, 2.45) is 0 Å². The predicted octanol–water partition coefficient (Wildman–Crippen LogP) is 4.04. The highest BCUT2D eigenvalue weighted by Crippen LogP contribution is 2.26. The Morgan fingerprint density at radius 3 is 1.41 bits per heavy atom. The average molecular weight is 294 g/mol. The Kier molecular flexibility index (Phi) is 4.23. The maximum absolute atomic E-state index is 11.1. The van der Waals surface area contributed by atoms with Crippen molar-refractivity contribution in [3.05, 3.63) is 71.8 Å². The van der Waals surface area contributed by atoms with Crippen molar-refractivity contribution in [2.45, 2.75) is 0 Å². The van der Waals surface area contributed by atoms with Gasteiger partial charge in [-0.1, -0.05) is 37.4 Å². The van der Waals surface area contributed by atoms with E-state index in [0.717, 1.165) is 11.1 Å². The van der Waals surface area contributed by atoms with Crippen LogP contribution >= 0.6 is 0 Å². The molecule has 0 aliphatic carbocycles. The zero-order valence-corrected chi connectivity index (χ0v) is 11.7. The van der Waals surface area contributed by atoms with Gasteiger partial charge in [0.25, 0.3) is 0 Å². The molecule has 2 rings (SSSR count). The summed E-state index contributed by atoms with van der Waals surface area (Å²) in [7, 11) is 0. The first-order chi connectivity index (χ1) is 10.5. The van der Waals surface area contributed by atoms with Crippen LogP contribution in [0.3, 0.4) is 0 Å². The minimum atomic E-state index is -1.02. The average Bonchev–Trinajstić information content (AvgIpc) is 2.53. The van der Waals surface area contributed by atoms with Crippen molar-refractivity contribution in [3.63, 3.8) is 0 Å². The van der Waals surface area contributed by atoms with E-state index < -0.39 is 11.9 Å². The van der Waals surface area contributed by atoms with Crippen LogP contribution in [0.15, 0.2) is 49.6 Å². The van der Waals surface area contributed by atoms with Gasteiger partial charge in [-0.3, -0.25) is 0 Å². The Bertz CT molecular complexity index is 720. The van der Waals surface area contributed by atoms with Crippen LogP contribution < -0.4 is 0 Å². The Morgan fingerprint density at radius 2 is 1.14 bits per heavy atom. The van der Waals surface area contributed by atoms with Gasteiger partial charge < -0.3 is 10.2 Å². The van der Waals surface area contributed by atoms with Crippen molar-refractivity contribution < 1.29 is 19.8 Å². The van der Waals surface area contributed by atoms with Gasteiger partial charge >= 0.3 is 11.9 Å². The molecule has 2 aromatic carbocycles. The summed E-state index contributed by atoms with van der Waals surface area (Å²) in [5, 5.41) is 18.2. The lowest BCUT2D eigenvalue weighted by atomic mass is 9.96. The minimum absolute atomic E-state index is 0.171. The van der Waals surface area contributed by atoms with Gasteiger partial charge in [0.15, 0.2) is 0 Å². The molecule has 4 heteroatoms. The molecule has 22 heavy (non-hydrogen) atoms. The van der Waals surface area contributed by atoms with E-state index in [1.54, 1.807) is 24.3 Å². The molecular weight excluding hydrogens is 280 g/mol. The summed E-state index contributed by atoms with van der Waals surface area (Å²) in [6.07, 6.45) is 2.96. The van der Waals surface area contributed by atoms with Crippen LogP contribution in [0.4, 0.5) is 0 Å². The van der Waals surface area contributed by atoms with E-state index >= 15 is 0 Å². The number of carbonyl (C=O) groups is 2. The number of rotatable bonds is 5. The summed E-state index contributed by atoms with van der Waals surface area (Å²) < 4.78 is 0. The number of benzene rings is 2. The maximum Gasteiger partial charge on any atom is 0.336 e. The van der Waals surface area contributed by atoms with Gasteiger partial charge in [-0.25, -0.2) is 9.59 Å². The molecule has 0 saturated carbocycles. The third kappa shape index (κ3) is 2.81. The monoisotopic (exact) mass is 294 g/mol. The fraction of sp³-hybridized carbons (Fsp3) is 0. The van der Waals surface area contributed by atoms with Gasteiger partial charge in [0, 0.05) is 0 Å². The summed E-state index contributed by atoms with van der Waals surface area (Å²) in [4.78, 5) is 22.2. The molecule has 0 heterocycles. The van der Waals surface area contributed by atoms with Crippen LogP contribution in [0, 0.1) is 0 Å². The molecule has 2 N–H and O–H groups in total. The van der Waals surface area contributed by atoms with Gasteiger partial charge in [0.05, 0.1) is 11.1 Å². The molecule has 0 unspecified atom stereocenters. The smallest absolute Gasteiger partial charge is 0.336 e. The number of hydrogen-bond donors (Lipinski definition) is 2. The van der Waals surface area contributed by atoms with Crippen LogP contribution in [0.5, 0.6) is 0 Å². The molecule has 0 saturated heterocycles. The van der Waals surface area contributed by atoms with E-state index in [2.05, 4.69) is 13.2 Å². The summed E-state index contributed by atoms with van der Waals surface area (Å²) in [6, 6.07) is 9.79. The fourth-order valence-corrected chi connectivity index (χ4v) is 2.21. The summed E-state index contributed by atoms with van der Waals surface area (Å²) >= 11 is 0. The molecule has 0 atom stereocenters. The van der Waals surface area contributed by atoms with E-state index in [1.165, 1.54) is 24.3 Å². The molecular formula is C18H14O4. The Morgan fingerprint density at radius 1 is 0.773 bits per heavy atom. The first-order valence-corrected chi connectivity index (χ1v) is 6.48. The lowest BCUT2D eigenvalue weighted by molar-refractivity contribution is 0.0685. The molecule has 110 valence electrons. The third-order valence-corrected chi connectivity index (χ3v) is 3.34. The van der Waals surface area contributed by atoms with Crippen LogP contribution in [0.2, 0.25) is 0 Å². The second-order valence-electron chi connectivity index (χ2n) is 4.62. The first kappa shape index (κ1) is 15.3. The van der Waals surface area contributed by atoms with E-state index in [4.69, 9.17) is 10.2 Å². The SMILES string of the molecule is C=Cc1cc(-c2ccc(C(=O)O)c(C=C)c2)ccc1C(=O)O. The summed E-state index contributed by atoms with van der Waals surface area (Å²) in [6.45, 7) is 7.25. The molecule has 0 radical (unpaired) electrons. The lowest BCUT2D eigenvalue weighted by Crippen LogP contribution is -2.01. The van der Waals surface area contributed by atoms with Crippen LogP contribution in [-0.4, -0.2) is 22.2 Å². The molecule has 2 aromatic rings. The molecule has 0 fully saturated rings. The normalized spacial score (nSPS) is 10.0. The van der Waals surface area contributed by atoms with Crippen molar-refractivity contribution in [2.75, 3.05) is 0 Å². The highest BCUT2D eigenvalue weighted by Gasteiger charge is 2.12. The van der Waals surface area contributed by atoms with Crippen molar-refractivity contribution in [3.8, 4) is 11.1 Å². The topological polar surface area (TPSA) is 74.6 Å². The number of aromatic carboxylic acids is 2. The highest BCUT2D eigenvalue weighted by molar-refractivity contribution is 5.94. The number of carboxylic acids is 2. The Balaban J connectivity index is 2.57. The summed E-state index contributed by atoms with van der Waals surface area (Å²) in [5.41, 5.74) is 2.91. The molecule has 0 bridgehead atoms. The van der Waals surface area contributed by atoms with E-state index in [9.17, 15) is 9.59 Å². The van der Waals surface area contributed by atoms with Crippen molar-refractivity contribution in [1.29, 1.82) is 0 Å². The summed E-state index contributed by atoms with van der Waals surface area (Å²) in [5.74, 6) is -2.04. The van der Waals surface area contributed by atoms with E-state index in [-0.39, 0.29) is 11.1 Å². The quantitative estimate of drug-likeness (QED) is 0.872. The second kappa shape index (κ2) is 6.10. The molecule has 0 aliphatic rings. The van der Waals surface area contributed by atoms with Crippen LogP contribution in [-0.2, 0) is 0 Å². The fourth-order valence-electron chi connectivity index (χ4n) is 2.21. The van der Waals surface area contributed by atoms with Gasteiger partial charge in [-0.15, -0.1) is 0 Å². The molecule has 0 amide bonds. The Hall–Kier alpha value is -3.14. The largest absolute Gasteiger partial charge is 0.478 e. The van der Waals surface area contributed by atoms with Crippen LogP contribution in [0.25, 0.3) is 23.3 Å². The van der Waals surface area contributed by atoms with Crippen LogP contribution in [0.1, 0.15) is 31.8 Å². The lowest BCUT2D eigenvalue weighted by Gasteiger charge is -2.09. The zero-order chi connectivity index (χ0) is 16.3. The standard InChI is InChI=1S/C18H14O4/c1-3-11-9-13(5-7-15(11)17(19)20)14-6-8-16(18(21)22)12(4-2)10-14/h3-10H,1-2H2,(H,19,20)(H,21,22). The maximum atomic E-state index is 11.1. The Labute approximate surface area is 127 Å². The highest BCUT2D eigenvalue weighted by atomic mass is 16.4. The number of carboxylic acid groups (broad SMARTS) is 2. The van der Waals surface area contributed by atoms with Crippen molar-refractivity contribution >= 4 is 24.1 Å². The molecule has 0 aromatic heterocycles. The van der Waals surface area contributed by atoms with Crippen molar-refractivity contribution in [1.82, 2.24) is 0 Å². The van der Waals surface area contributed by atoms with Gasteiger partial charge in [-0.2, -0.15) is 0 Å². The molecule has 0 spiro atoms. The van der Waals surface area contributed by atoms with Gasteiger partial charge in [0.2, 0.25) is 0 Å². The molecule has 0 aliphatic heterocycles. The predicted molar refractivity (Wildman–Crippen MR) is 86.0 cm³/mol. The number of hydrogen-bond acceptors (Lipinski definition) is 2. The second-order valence-corrected chi connectivity index (χ2v) is 4.62. The van der Waals surface area contributed by atoms with Gasteiger partial charge in [-0.05, 0) is 46.5 Å². The van der Waals surface area contributed by atoms with E-state index in [1.807, 2.05) is 0 Å². The third-order valence-electron chi connectivity index (χ3n) is 3.34. The van der Waals surface area contributed by atoms with Gasteiger partial charge in [0.1, 0.15) is 0 Å². The zero-order valence-electron chi connectivity index (χ0n) is 11.7. The molecule has 4 nitrogen and oxygen atoms in total. The minimum Gasteiger partial charge on any atom is -0.478 e. The first-order valence-electron chi connectivity index (χ1n) is 6.48.